The van der Waals surface area contributed by atoms with Crippen molar-refractivity contribution in [2.24, 2.45) is 5.92 Å². The number of ether oxygens (including phenoxy) is 1. The van der Waals surface area contributed by atoms with Crippen molar-refractivity contribution in [3.8, 4) is 11.1 Å². The summed E-state index contributed by atoms with van der Waals surface area (Å²) in [7, 11) is -3.27. The Morgan fingerprint density at radius 3 is 2.10 bits per heavy atom. The summed E-state index contributed by atoms with van der Waals surface area (Å²) in [6, 6.07) is 12.8. The van der Waals surface area contributed by atoms with Crippen molar-refractivity contribution in [1.82, 2.24) is 9.21 Å². The van der Waals surface area contributed by atoms with Crippen LogP contribution in [0.5, 0.6) is 0 Å². The number of rotatable bonds is 5. The molecule has 2 heterocycles. The zero-order valence-corrected chi connectivity index (χ0v) is 24.2. The molecule has 0 N–H and O–H groups in total. The highest BCUT2D eigenvalue weighted by atomic mass is 32.2. The van der Waals surface area contributed by atoms with Crippen molar-refractivity contribution in [2.45, 2.75) is 45.8 Å². The summed E-state index contributed by atoms with van der Waals surface area (Å²) in [5.74, 6) is -0.00171. The van der Waals surface area contributed by atoms with Crippen molar-refractivity contribution in [1.29, 1.82) is 0 Å². The summed E-state index contributed by atoms with van der Waals surface area (Å²) in [5.41, 5.74) is 3.54. The molecular weight excluding hydrogens is 532 g/mol. The third kappa shape index (κ3) is 5.71. The van der Waals surface area contributed by atoms with Gasteiger partial charge in [0, 0.05) is 44.2 Å². The van der Waals surface area contributed by atoms with Gasteiger partial charge in [-0.25, -0.2) is 13.2 Å². The van der Waals surface area contributed by atoms with Crippen LogP contribution in [0.3, 0.4) is 0 Å². The normalized spacial score (nSPS) is 19.9. The van der Waals surface area contributed by atoms with Gasteiger partial charge < -0.3 is 14.5 Å². The molecule has 2 aromatic carbocycles. The predicted octanol–water partition coefficient (Wildman–Crippen LogP) is 3.57. The maximum atomic E-state index is 13.2. The van der Waals surface area contributed by atoms with Gasteiger partial charge in [0.05, 0.1) is 29.8 Å². The standard InChI is InChI=1S/C29H36N4O6S/c1-19(2)39-29(36)32-18-20(3)33(28(35)23-9-10-23)25-12-11-24(17-26(25)32)21-5-7-22(8-6-21)27(34)30-13-15-31(16-14-30)40(4,37)38/h5-8,11-12,17,19-20,23H,9-10,13-16,18H2,1-4H3/t20-/m0/s1. The van der Waals surface area contributed by atoms with Gasteiger partial charge >= 0.3 is 6.09 Å². The van der Waals surface area contributed by atoms with Gasteiger partial charge in [-0.2, -0.15) is 4.31 Å². The lowest BCUT2D eigenvalue weighted by molar-refractivity contribution is -0.120. The first kappa shape index (κ1) is 28.1. The Morgan fingerprint density at radius 1 is 0.900 bits per heavy atom. The third-order valence-corrected chi connectivity index (χ3v) is 8.90. The van der Waals surface area contributed by atoms with E-state index in [2.05, 4.69) is 0 Å². The lowest BCUT2D eigenvalue weighted by Gasteiger charge is -2.41. The number of amides is 3. The van der Waals surface area contributed by atoms with Gasteiger partial charge in [-0.1, -0.05) is 18.2 Å². The number of sulfonamides is 1. The molecule has 0 spiro atoms. The predicted molar refractivity (Wildman–Crippen MR) is 153 cm³/mol. The van der Waals surface area contributed by atoms with Crippen LogP contribution in [0.25, 0.3) is 11.1 Å². The summed E-state index contributed by atoms with van der Waals surface area (Å²) >= 11 is 0. The molecular formula is C29H36N4O6S. The van der Waals surface area contributed by atoms with E-state index >= 15 is 0 Å². The van der Waals surface area contributed by atoms with Crippen LogP contribution in [0.15, 0.2) is 42.5 Å². The molecule has 1 saturated heterocycles. The molecule has 10 nitrogen and oxygen atoms in total. The number of nitrogens with zero attached hydrogens (tertiary/aromatic N) is 4. The molecule has 1 aliphatic carbocycles. The van der Waals surface area contributed by atoms with Crippen LogP contribution in [0.4, 0.5) is 16.2 Å². The largest absolute Gasteiger partial charge is 0.446 e. The number of hydrogen-bond acceptors (Lipinski definition) is 6. The summed E-state index contributed by atoms with van der Waals surface area (Å²) < 4.78 is 30.5. The number of carbonyl (C=O) groups excluding carboxylic acids is 3. The smallest absolute Gasteiger partial charge is 0.414 e. The van der Waals surface area contributed by atoms with E-state index in [4.69, 9.17) is 4.74 Å². The van der Waals surface area contributed by atoms with Crippen LogP contribution >= 0.6 is 0 Å². The van der Waals surface area contributed by atoms with Gasteiger partial charge in [-0.05, 0) is 69.0 Å². The lowest BCUT2D eigenvalue weighted by atomic mass is 9.99. The number of hydrogen-bond donors (Lipinski definition) is 0. The van der Waals surface area contributed by atoms with E-state index in [-0.39, 0.29) is 43.0 Å². The van der Waals surface area contributed by atoms with E-state index in [0.717, 1.165) is 24.0 Å². The Hall–Kier alpha value is -3.44. The zero-order valence-electron chi connectivity index (χ0n) is 23.4. The van der Waals surface area contributed by atoms with Gasteiger partial charge in [0.1, 0.15) is 0 Å². The van der Waals surface area contributed by atoms with Gasteiger partial charge in [0.15, 0.2) is 0 Å². The highest BCUT2D eigenvalue weighted by Crippen LogP contribution is 2.42. The quantitative estimate of drug-likeness (QED) is 0.546. The summed E-state index contributed by atoms with van der Waals surface area (Å²) in [5, 5.41) is 0. The van der Waals surface area contributed by atoms with E-state index in [1.54, 1.807) is 35.8 Å². The molecule has 2 fully saturated rings. The molecule has 3 amide bonds. The highest BCUT2D eigenvalue weighted by molar-refractivity contribution is 7.88. The fraction of sp³-hybridized carbons (Fsp3) is 0.483. The van der Waals surface area contributed by atoms with Crippen LogP contribution in [0, 0.1) is 5.92 Å². The number of fused-ring (bicyclic) bond motifs is 1. The Bertz CT molecular complexity index is 1410. The Morgan fingerprint density at radius 2 is 1.52 bits per heavy atom. The van der Waals surface area contributed by atoms with E-state index in [1.807, 2.05) is 42.2 Å². The molecule has 3 aliphatic rings. The number of benzene rings is 2. The summed E-state index contributed by atoms with van der Waals surface area (Å²) in [4.78, 5) is 44.4. The molecule has 0 bridgehead atoms. The second-order valence-corrected chi connectivity index (χ2v) is 13.1. The molecule has 1 saturated carbocycles. The summed E-state index contributed by atoms with van der Waals surface area (Å²) in [6.07, 6.45) is 2.25. The lowest BCUT2D eigenvalue weighted by Crippen LogP contribution is -2.52. The Balaban J connectivity index is 1.39. The average molecular weight is 569 g/mol. The minimum absolute atomic E-state index is 0.0450. The van der Waals surface area contributed by atoms with E-state index < -0.39 is 16.1 Å². The minimum Gasteiger partial charge on any atom is -0.446 e. The molecule has 0 radical (unpaired) electrons. The molecule has 0 unspecified atom stereocenters. The molecule has 5 rings (SSSR count). The SMILES string of the molecule is CC(C)OC(=O)N1C[C@H](C)N(C(=O)C2CC2)c2ccc(-c3ccc(C(=O)N4CCN(S(C)(=O)=O)CC4)cc3)cc21. The summed E-state index contributed by atoms with van der Waals surface area (Å²) in [6.45, 7) is 7.15. The molecule has 11 heteroatoms. The zero-order chi connectivity index (χ0) is 28.8. The fourth-order valence-corrected chi connectivity index (χ4v) is 6.14. The van der Waals surface area contributed by atoms with Gasteiger partial charge in [-0.3, -0.25) is 14.5 Å². The Kier molecular flexibility index (Phi) is 7.62. The second-order valence-electron chi connectivity index (χ2n) is 11.1. The molecule has 2 aromatic rings. The maximum Gasteiger partial charge on any atom is 0.414 e. The number of anilines is 2. The molecule has 2 aliphatic heterocycles. The fourth-order valence-electron chi connectivity index (χ4n) is 5.32. The first-order valence-corrected chi connectivity index (χ1v) is 15.6. The third-order valence-electron chi connectivity index (χ3n) is 7.59. The van der Waals surface area contributed by atoms with Crippen LogP contribution in [0.2, 0.25) is 0 Å². The van der Waals surface area contributed by atoms with Gasteiger partial charge in [0.25, 0.3) is 5.91 Å². The second kappa shape index (κ2) is 10.9. The van der Waals surface area contributed by atoms with Crippen molar-refractivity contribution >= 4 is 39.3 Å². The monoisotopic (exact) mass is 568 g/mol. The van der Waals surface area contributed by atoms with Gasteiger partial charge in [-0.15, -0.1) is 0 Å². The first-order valence-electron chi connectivity index (χ1n) is 13.7. The van der Waals surface area contributed by atoms with Crippen molar-refractivity contribution < 1.29 is 27.5 Å². The molecule has 0 aromatic heterocycles. The average Bonchev–Trinajstić information content (AvgIpc) is 3.77. The van der Waals surface area contributed by atoms with E-state index in [9.17, 15) is 22.8 Å². The highest BCUT2D eigenvalue weighted by Gasteiger charge is 2.41. The minimum atomic E-state index is -3.27. The van der Waals surface area contributed by atoms with Crippen LogP contribution in [-0.2, 0) is 19.6 Å². The number of carbonyl (C=O) groups is 3. The van der Waals surface area contributed by atoms with Crippen molar-refractivity contribution in [2.75, 3.05) is 48.8 Å². The molecule has 40 heavy (non-hydrogen) atoms. The van der Waals surface area contributed by atoms with Gasteiger partial charge in [0.2, 0.25) is 15.9 Å². The van der Waals surface area contributed by atoms with Crippen LogP contribution in [-0.4, -0.2) is 86.7 Å². The van der Waals surface area contributed by atoms with Crippen LogP contribution < -0.4 is 9.80 Å². The topological polar surface area (TPSA) is 108 Å². The van der Waals surface area contributed by atoms with Crippen LogP contribution in [0.1, 0.15) is 44.0 Å². The molecule has 1 atom stereocenters. The van der Waals surface area contributed by atoms with Crippen molar-refractivity contribution in [3.63, 3.8) is 0 Å². The molecule has 214 valence electrons. The van der Waals surface area contributed by atoms with Crippen molar-refractivity contribution in [3.05, 3.63) is 48.0 Å². The maximum absolute atomic E-state index is 13.2. The van der Waals surface area contributed by atoms with E-state index in [0.29, 0.717) is 36.6 Å². The first-order chi connectivity index (χ1) is 18.9. The Labute approximate surface area is 235 Å². The number of piperazine rings is 1. The van der Waals surface area contributed by atoms with E-state index in [1.165, 1.54) is 10.6 Å².